The fraction of sp³-hybridized carbons (Fsp3) is 0.360. The molecular formula is C25H22Cl4N2O4. The minimum absolute atomic E-state index is 0.0121. The van der Waals surface area contributed by atoms with E-state index in [4.69, 9.17) is 46.4 Å². The fourth-order valence-corrected chi connectivity index (χ4v) is 5.40. The van der Waals surface area contributed by atoms with Gasteiger partial charge in [0.15, 0.2) is 5.78 Å². The predicted octanol–water partition coefficient (Wildman–Crippen LogP) is 6.06. The van der Waals surface area contributed by atoms with Crippen molar-refractivity contribution in [1.29, 1.82) is 0 Å². The van der Waals surface area contributed by atoms with E-state index in [1.54, 1.807) is 12.1 Å². The molecule has 2 aliphatic rings. The standard InChI is InChI=1S/C25H22Cl4N2O4/c26-12-11-21(22(32)14-5-8-16(27)9-6-14)30(23(33)15-7-10-19(28)20(29)13-15)31-24(34)17-3-1-2-4-18(17)25(31)35/h5-10,13,17-18,21H,1-4,11-12H2/t17-,18+,21-/m0/s1. The van der Waals surface area contributed by atoms with E-state index in [2.05, 4.69) is 0 Å². The Bertz CT molecular complexity index is 1150. The second kappa shape index (κ2) is 10.9. The zero-order valence-electron chi connectivity index (χ0n) is 18.6. The van der Waals surface area contributed by atoms with E-state index in [1.807, 2.05) is 0 Å². The monoisotopic (exact) mass is 554 g/mol. The van der Waals surface area contributed by atoms with Gasteiger partial charge in [-0.1, -0.05) is 47.6 Å². The van der Waals surface area contributed by atoms with Crippen LogP contribution in [0.4, 0.5) is 0 Å². The average molecular weight is 556 g/mol. The molecule has 184 valence electrons. The lowest BCUT2D eigenvalue weighted by Crippen LogP contribution is -2.57. The van der Waals surface area contributed by atoms with E-state index >= 15 is 0 Å². The first-order valence-corrected chi connectivity index (χ1v) is 12.9. The van der Waals surface area contributed by atoms with Crippen molar-refractivity contribution in [2.24, 2.45) is 11.8 Å². The number of hydrazine groups is 1. The van der Waals surface area contributed by atoms with Gasteiger partial charge in [0, 0.05) is 22.0 Å². The molecule has 35 heavy (non-hydrogen) atoms. The summed E-state index contributed by atoms with van der Waals surface area (Å²) in [5.41, 5.74) is 0.353. The highest BCUT2D eigenvalue weighted by molar-refractivity contribution is 6.42. The second-order valence-corrected chi connectivity index (χ2v) is 10.3. The molecule has 0 N–H and O–H groups in total. The number of halogens is 4. The molecular weight excluding hydrogens is 534 g/mol. The first kappa shape index (κ1) is 26.0. The summed E-state index contributed by atoms with van der Waals surface area (Å²) >= 11 is 24.2. The normalized spacial score (nSPS) is 20.5. The Hall–Kier alpha value is -2.12. The van der Waals surface area contributed by atoms with Crippen LogP contribution in [0.25, 0.3) is 0 Å². The minimum Gasteiger partial charge on any atom is -0.292 e. The Balaban J connectivity index is 1.81. The maximum Gasteiger partial charge on any atom is 0.273 e. The predicted molar refractivity (Wildman–Crippen MR) is 135 cm³/mol. The van der Waals surface area contributed by atoms with Crippen LogP contribution in [0.2, 0.25) is 15.1 Å². The molecule has 4 rings (SSSR count). The van der Waals surface area contributed by atoms with E-state index in [0.717, 1.165) is 22.9 Å². The maximum absolute atomic E-state index is 13.9. The molecule has 1 saturated carbocycles. The van der Waals surface area contributed by atoms with Crippen LogP contribution in [-0.2, 0) is 9.59 Å². The number of imide groups is 1. The molecule has 2 aromatic rings. The highest BCUT2D eigenvalue weighted by Crippen LogP contribution is 2.40. The third kappa shape index (κ3) is 5.08. The van der Waals surface area contributed by atoms with Gasteiger partial charge in [0.2, 0.25) is 0 Å². The summed E-state index contributed by atoms with van der Waals surface area (Å²) in [6.07, 6.45) is 2.79. The highest BCUT2D eigenvalue weighted by atomic mass is 35.5. The van der Waals surface area contributed by atoms with E-state index in [1.165, 1.54) is 30.3 Å². The van der Waals surface area contributed by atoms with Gasteiger partial charge in [-0.25, -0.2) is 5.01 Å². The maximum atomic E-state index is 13.9. The molecule has 1 saturated heterocycles. The van der Waals surface area contributed by atoms with E-state index in [9.17, 15) is 19.2 Å². The summed E-state index contributed by atoms with van der Waals surface area (Å²) in [5.74, 6) is -3.15. The van der Waals surface area contributed by atoms with Crippen LogP contribution in [0, 0.1) is 11.8 Å². The van der Waals surface area contributed by atoms with Crippen LogP contribution in [0.15, 0.2) is 42.5 Å². The van der Waals surface area contributed by atoms with Crippen LogP contribution >= 0.6 is 46.4 Å². The molecule has 3 amide bonds. The number of Topliss-reactive ketones (excluding diaryl/α,β-unsaturated/α-hetero) is 1. The van der Waals surface area contributed by atoms with Crippen LogP contribution < -0.4 is 0 Å². The SMILES string of the molecule is O=C(c1ccc(Cl)cc1)[C@H](CCCl)N(C(=O)c1ccc(Cl)c(Cl)c1)N1C(=O)[C@H]2CCCC[C@H]2C1=O. The number of hydrogen-bond acceptors (Lipinski definition) is 4. The Kier molecular flexibility index (Phi) is 8.06. The largest absolute Gasteiger partial charge is 0.292 e. The van der Waals surface area contributed by atoms with E-state index < -0.39 is 41.4 Å². The summed E-state index contributed by atoms with van der Waals surface area (Å²) in [4.78, 5) is 54.4. The molecule has 1 aliphatic heterocycles. The molecule has 1 heterocycles. The van der Waals surface area contributed by atoms with Crippen molar-refractivity contribution in [3.63, 3.8) is 0 Å². The lowest BCUT2D eigenvalue weighted by Gasteiger charge is -2.36. The summed E-state index contributed by atoms with van der Waals surface area (Å²) < 4.78 is 0. The average Bonchev–Trinajstić information content (AvgIpc) is 3.10. The summed E-state index contributed by atoms with van der Waals surface area (Å²) in [6.45, 7) is 0. The second-order valence-electron chi connectivity index (χ2n) is 8.63. The van der Waals surface area contributed by atoms with Gasteiger partial charge in [-0.3, -0.25) is 19.2 Å². The zero-order valence-corrected chi connectivity index (χ0v) is 21.6. The Labute approximate surface area is 223 Å². The van der Waals surface area contributed by atoms with Gasteiger partial charge in [-0.15, -0.1) is 11.6 Å². The van der Waals surface area contributed by atoms with E-state index in [0.29, 0.717) is 17.9 Å². The molecule has 2 fully saturated rings. The van der Waals surface area contributed by atoms with Gasteiger partial charge >= 0.3 is 0 Å². The van der Waals surface area contributed by atoms with Crippen molar-refractivity contribution in [2.75, 3.05) is 5.88 Å². The Morgan fingerprint density at radius 1 is 0.886 bits per heavy atom. The van der Waals surface area contributed by atoms with E-state index in [-0.39, 0.29) is 33.5 Å². The molecule has 3 atom stereocenters. The molecule has 2 aromatic carbocycles. The number of alkyl halides is 1. The zero-order chi connectivity index (χ0) is 25.3. The minimum atomic E-state index is -1.20. The van der Waals surface area contributed by atoms with Crippen molar-refractivity contribution in [2.45, 2.75) is 38.1 Å². The number of carbonyl (C=O) groups excluding carboxylic acids is 4. The first-order chi connectivity index (χ1) is 16.7. The van der Waals surface area contributed by atoms with Crippen molar-refractivity contribution in [3.05, 3.63) is 68.7 Å². The Morgan fingerprint density at radius 3 is 2.00 bits per heavy atom. The quantitative estimate of drug-likeness (QED) is 0.236. The third-order valence-corrected chi connectivity index (χ3v) is 7.73. The van der Waals surface area contributed by atoms with Gasteiger partial charge in [0.25, 0.3) is 17.7 Å². The van der Waals surface area contributed by atoms with Gasteiger partial charge < -0.3 is 0 Å². The Morgan fingerprint density at radius 2 is 1.46 bits per heavy atom. The summed E-state index contributed by atoms with van der Waals surface area (Å²) in [7, 11) is 0. The number of amides is 3. The molecule has 0 spiro atoms. The molecule has 10 heteroatoms. The topological polar surface area (TPSA) is 74.8 Å². The summed E-state index contributed by atoms with van der Waals surface area (Å²) in [5, 5.41) is 2.65. The van der Waals surface area contributed by atoms with Crippen molar-refractivity contribution >= 4 is 69.9 Å². The van der Waals surface area contributed by atoms with Crippen LogP contribution in [0.5, 0.6) is 0 Å². The van der Waals surface area contributed by atoms with Crippen molar-refractivity contribution in [3.8, 4) is 0 Å². The number of hydrogen-bond donors (Lipinski definition) is 0. The van der Waals surface area contributed by atoms with Crippen molar-refractivity contribution < 1.29 is 19.2 Å². The molecule has 1 aliphatic carbocycles. The number of nitrogens with zero attached hydrogens (tertiary/aromatic N) is 2. The van der Waals surface area contributed by atoms with Gasteiger partial charge in [-0.05, 0) is 61.7 Å². The van der Waals surface area contributed by atoms with Gasteiger partial charge in [0.1, 0.15) is 6.04 Å². The highest BCUT2D eigenvalue weighted by Gasteiger charge is 2.53. The number of rotatable bonds is 7. The molecule has 0 unspecified atom stereocenters. The fourth-order valence-electron chi connectivity index (χ4n) is 4.76. The molecule has 6 nitrogen and oxygen atoms in total. The first-order valence-electron chi connectivity index (χ1n) is 11.3. The number of carbonyl (C=O) groups is 4. The molecule has 0 bridgehead atoms. The number of benzene rings is 2. The lowest BCUT2D eigenvalue weighted by atomic mass is 9.81. The van der Waals surface area contributed by atoms with Crippen LogP contribution in [-0.4, -0.2) is 45.4 Å². The van der Waals surface area contributed by atoms with Gasteiger partial charge in [-0.2, -0.15) is 5.01 Å². The molecule has 0 radical (unpaired) electrons. The molecule has 0 aromatic heterocycles. The van der Waals surface area contributed by atoms with Crippen LogP contribution in [0.3, 0.4) is 0 Å². The number of fused-ring (bicyclic) bond motifs is 1. The third-order valence-electron chi connectivity index (χ3n) is 6.52. The number of ketones is 1. The lowest BCUT2D eigenvalue weighted by molar-refractivity contribution is -0.156. The van der Waals surface area contributed by atoms with Crippen molar-refractivity contribution in [1.82, 2.24) is 10.0 Å². The van der Waals surface area contributed by atoms with Crippen LogP contribution in [0.1, 0.15) is 52.8 Å². The smallest absolute Gasteiger partial charge is 0.273 e. The summed E-state index contributed by atoms with van der Waals surface area (Å²) in [6, 6.07) is 9.19. The van der Waals surface area contributed by atoms with Gasteiger partial charge in [0.05, 0.1) is 21.9 Å².